The van der Waals surface area contributed by atoms with E-state index in [1.165, 1.54) is 32.1 Å². The van der Waals surface area contributed by atoms with Crippen LogP contribution in [0.4, 0.5) is 5.69 Å². The zero-order chi connectivity index (χ0) is 14.7. The third kappa shape index (κ3) is 3.35. The average Bonchev–Trinajstić information content (AvgIpc) is 2.98. The van der Waals surface area contributed by atoms with E-state index >= 15 is 0 Å². The van der Waals surface area contributed by atoms with E-state index in [0.29, 0.717) is 12.6 Å². The molecule has 0 unspecified atom stereocenters. The Balaban J connectivity index is 1.61. The molecular weight excluding hydrogens is 264 g/mol. The van der Waals surface area contributed by atoms with Gasteiger partial charge in [0.25, 0.3) is 5.56 Å². The fraction of sp³-hybridized carbons (Fsp3) is 0.500. The molecule has 1 saturated carbocycles. The normalized spacial score (nSPS) is 16.0. The van der Waals surface area contributed by atoms with Crippen molar-refractivity contribution in [3.63, 3.8) is 0 Å². The smallest absolute Gasteiger partial charge is 0.252 e. The lowest BCUT2D eigenvalue weighted by Crippen LogP contribution is -2.15. The van der Waals surface area contributed by atoms with Gasteiger partial charge in [0.2, 0.25) is 0 Å². The molecule has 112 valence electrons. The first-order valence-corrected chi connectivity index (χ1v) is 7.65. The lowest BCUT2D eigenvalue weighted by atomic mass is 9.95. The predicted molar refractivity (Wildman–Crippen MR) is 83.4 cm³/mol. The molecule has 0 saturated heterocycles. The van der Waals surface area contributed by atoms with Crippen LogP contribution in [-0.2, 0) is 13.6 Å². The van der Waals surface area contributed by atoms with Gasteiger partial charge in [-0.3, -0.25) is 4.79 Å². The van der Waals surface area contributed by atoms with Gasteiger partial charge in [-0.25, -0.2) is 4.98 Å². The summed E-state index contributed by atoms with van der Waals surface area (Å²) in [5.41, 5.74) is 1.85. The average molecular weight is 286 g/mol. The molecular formula is C16H22N4O. The molecule has 0 aliphatic heterocycles. The summed E-state index contributed by atoms with van der Waals surface area (Å²) in [6, 6.07) is 4.13. The standard InChI is InChI=1S/C16H22N4O/c1-19-8-7-13(9-16(19)21)17-10-14-11-20(12-18-14)15-5-3-2-4-6-15/h7-9,11-12,15,17H,2-6,10H2,1H3. The number of nitrogens with one attached hydrogen (secondary N) is 1. The van der Waals surface area contributed by atoms with Gasteiger partial charge in [0, 0.05) is 37.2 Å². The molecule has 0 spiro atoms. The quantitative estimate of drug-likeness (QED) is 0.940. The van der Waals surface area contributed by atoms with Crippen LogP contribution in [0.25, 0.3) is 0 Å². The van der Waals surface area contributed by atoms with E-state index in [2.05, 4.69) is 21.1 Å². The van der Waals surface area contributed by atoms with Crippen molar-refractivity contribution in [1.29, 1.82) is 0 Å². The third-order valence-corrected chi connectivity index (χ3v) is 4.23. The second kappa shape index (κ2) is 6.16. The van der Waals surface area contributed by atoms with Crippen molar-refractivity contribution in [2.45, 2.75) is 44.7 Å². The fourth-order valence-corrected chi connectivity index (χ4v) is 2.90. The molecule has 0 bridgehead atoms. The molecule has 0 radical (unpaired) electrons. The topological polar surface area (TPSA) is 51.9 Å². The molecule has 2 aromatic rings. The molecule has 21 heavy (non-hydrogen) atoms. The number of rotatable bonds is 4. The molecule has 0 amide bonds. The molecule has 1 fully saturated rings. The van der Waals surface area contributed by atoms with Crippen molar-refractivity contribution >= 4 is 5.69 Å². The van der Waals surface area contributed by atoms with Crippen LogP contribution in [-0.4, -0.2) is 14.1 Å². The van der Waals surface area contributed by atoms with Crippen molar-refractivity contribution < 1.29 is 0 Å². The third-order valence-electron chi connectivity index (χ3n) is 4.23. The summed E-state index contributed by atoms with van der Waals surface area (Å²) in [6.45, 7) is 0.646. The largest absolute Gasteiger partial charge is 0.379 e. The Kier molecular flexibility index (Phi) is 4.08. The van der Waals surface area contributed by atoms with E-state index in [1.54, 1.807) is 23.9 Å². The lowest BCUT2D eigenvalue weighted by molar-refractivity contribution is 0.353. The van der Waals surface area contributed by atoms with Crippen LogP contribution in [0.5, 0.6) is 0 Å². The lowest BCUT2D eigenvalue weighted by Gasteiger charge is -2.22. The first kappa shape index (κ1) is 13.9. The van der Waals surface area contributed by atoms with Gasteiger partial charge in [0.1, 0.15) is 0 Å². The molecule has 1 N–H and O–H groups in total. The monoisotopic (exact) mass is 286 g/mol. The minimum Gasteiger partial charge on any atom is -0.379 e. The zero-order valence-electron chi connectivity index (χ0n) is 12.5. The number of pyridine rings is 1. The maximum Gasteiger partial charge on any atom is 0.252 e. The molecule has 5 heteroatoms. The van der Waals surface area contributed by atoms with Gasteiger partial charge in [-0.15, -0.1) is 0 Å². The first-order valence-electron chi connectivity index (χ1n) is 7.65. The molecule has 0 atom stereocenters. The minimum atomic E-state index is -0.00673. The summed E-state index contributed by atoms with van der Waals surface area (Å²) in [4.78, 5) is 16.0. The number of anilines is 1. The van der Waals surface area contributed by atoms with Gasteiger partial charge in [-0.05, 0) is 18.9 Å². The first-order chi connectivity index (χ1) is 10.2. The van der Waals surface area contributed by atoms with Crippen LogP contribution < -0.4 is 10.9 Å². The maximum atomic E-state index is 11.6. The van der Waals surface area contributed by atoms with Gasteiger partial charge in [-0.1, -0.05) is 19.3 Å². The summed E-state index contributed by atoms with van der Waals surface area (Å²) in [6.07, 6.45) is 12.4. The highest BCUT2D eigenvalue weighted by molar-refractivity contribution is 5.41. The highest BCUT2D eigenvalue weighted by atomic mass is 16.1. The Hall–Kier alpha value is -2.04. The Morgan fingerprint density at radius 2 is 2.14 bits per heavy atom. The summed E-state index contributed by atoms with van der Waals surface area (Å²) >= 11 is 0. The van der Waals surface area contributed by atoms with Crippen molar-refractivity contribution in [2.75, 3.05) is 5.32 Å². The summed E-state index contributed by atoms with van der Waals surface area (Å²) in [5.74, 6) is 0. The second-order valence-electron chi connectivity index (χ2n) is 5.82. The maximum absolute atomic E-state index is 11.6. The van der Waals surface area contributed by atoms with E-state index in [4.69, 9.17) is 0 Å². The fourth-order valence-electron chi connectivity index (χ4n) is 2.90. The number of imidazole rings is 1. The van der Waals surface area contributed by atoms with Crippen molar-refractivity contribution in [2.24, 2.45) is 7.05 Å². The number of hydrogen-bond acceptors (Lipinski definition) is 3. The number of aromatic nitrogens is 3. The number of hydrogen-bond donors (Lipinski definition) is 1. The molecule has 1 aliphatic rings. The van der Waals surface area contributed by atoms with Crippen LogP contribution in [0.3, 0.4) is 0 Å². The van der Waals surface area contributed by atoms with E-state index in [9.17, 15) is 4.79 Å². The summed E-state index contributed by atoms with van der Waals surface area (Å²) < 4.78 is 3.81. The van der Waals surface area contributed by atoms with Gasteiger partial charge >= 0.3 is 0 Å². The van der Waals surface area contributed by atoms with E-state index in [0.717, 1.165) is 11.4 Å². The minimum absolute atomic E-state index is 0.00673. The van der Waals surface area contributed by atoms with Crippen molar-refractivity contribution in [3.8, 4) is 0 Å². The van der Waals surface area contributed by atoms with Crippen LogP contribution >= 0.6 is 0 Å². The number of aryl methyl sites for hydroxylation is 1. The number of nitrogens with zero attached hydrogens (tertiary/aromatic N) is 3. The molecule has 2 heterocycles. The van der Waals surface area contributed by atoms with Crippen LogP contribution in [0.1, 0.15) is 43.8 Å². The highest BCUT2D eigenvalue weighted by Gasteiger charge is 2.15. The van der Waals surface area contributed by atoms with Gasteiger partial charge in [0.05, 0.1) is 18.6 Å². The van der Waals surface area contributed by atoms with Gasteiger partial charge in [-0.2, -0.15) is 0 Å². The molecule has 5 nitrogen and oxygen atoms in total. The highest BCUT2D eigenvalue weighted by Crippen LogP contribution is 2.27. The second-order valence-corrected chi connectivity index (χ2v) is 5.82. The Morgan fingerprint density at radius 3 is 2.90 bits per heavy atom. The SMILES string of the molecule is Cn1ccc(NCc2cn(C3CCCCC3)cn2)cc1=O. The van der Waals surface area contributed by atoms with Crippen LogP contribution in [0.2, 0.25) is 0 Å². The summed E-state index contributed by atoms with van der Waals surface area (Å²) in [7, 11) is 1.75. The van der Waals surface area contributed by atoms with Crippen molar-refractivity contribution in [3.05, 3.63) is 46.9 Å². The van der Waals surface area contributed by atoms with E-state index < -0.39 is 0 Å². The van der Waals surface area contributed by atoms with E-state index in [-0.39, 0.29) is 5.56 Å². The molecule has 1 aliphatic carbocycles. The van der Waals surface area contributed by atoms with Crippen molar-refractivity contribution in [1.82, 2.24) is 14.1 Å². The molecule has 0 aromatic carbocycles. The van der Waals surface area contributed by atoms with E-state index in [1.807, 2.05) is 12.4 Å². The Labute approximate surface area is 124 Å². The van der Waals surface area contributed by atoms with Crippen LogP contribution in [0, 0.1) is 0 Å². The van der Waals surface area contributed by atoms with Gasteiger partial charge in [0.15, 0.2) is 0 Å². The predicted octanol–water partition coefficient (Wildman–Crippen LogP) is 2.70. The Bertz CT molecular complexity index is 652. The molecule has 3 rings (SSSR count). The Morgan fingerprint density at radius 1 is 1.33 bits per heavy atom. The van der Waals surface area contributed by atoms with Gasteiger partial charge < -0.3 is 14.5 Å². The zero-order valence-corrected chi connectivity index (χ0v) is 12.5. The van der Waals surface area contributed by atoms with Crippen LogP contribution in [0.15, 0.2) is 35.6 Å². The molecule has 2 aromatic heterocycles. The summed E-state index contributed by atoms with van der Waals surface area (Å²) in [5, 5.41) is 3.26.